The van der Waals surface area contributed by atoms with Crippen LogP contribution in [0, 0.1) is 0 Å². The van der Waals surface area contributed by atoms with E-state index in [1.54, 1.807) is 0 Å². The van der Waals surface area contributed by atoms with Crippen molar-refractivity contribution >= 4 is 0 Å². The number of aliphatic hydroxyl groups excluding tert-OH is 1. The summed E-state index contributed by atoms with van der Waals surface area (Å²) in [7, 11) is 0. The molecule has 0 bridgehead atoms. The average Bonchev–Trinajstić information content (AvgIpc) is 2.19. The molecule has 0 aliphatic rings. The number of hydrogen-bond acceptors (Lipinski definition) is 4. The van der Waals surface area contributed by atoms with Crippen LogP contribution in [0.1, 0.15) is 41.0 Å². The molecule has 0 rings (SSSR count). The van der Waals surface area contributed by atoms with Crippen molar-refractivity contribution in [3.8, 4) is 0 Å². The average molecular weight is 247 g/mol. The summed E-state index contributed by atoms with van der Waals surface area (Å²) in [5, 5.41) is 12.8. The summed E-state index contributed by atoms with van der Waals surface area (Å²) in [6.07, 6.45) is 0.811. The highest BCUT2D eigenvalue weighted by Crippen LogP contribution is 2.06. The van der Waals surface area contributed by atoms with Crippen LogP contribution in [0.4, 0.5) is 0 Å². The number of nitrogens with one attached hydrogen (secondary N) is 1. The third-order valence-corrected chi connectivity index (χ3v) is 2.04. The lowest BCUT2D eigenvalue weighted by Crippen LogP contribution is -2.34. The molecule has 0 saturated carbocycles. The van der Waals surface area contributed by atoms with Crippen LogP contribution in [0.15, 0.2) is 0 Å². The fraction of sp³-hybridized carbons (Fsp3) is 1.00. The minimum atomic E-state index is -0.444. The summed E-state index contributed by atoms with van der Waals surface area (Å²) in [5.41, 5.74) is -0.188. The molecule has 0 amide bonds. The Balaban J connectivity index is 3.31. The first-order chi connectivity index (χ1) is 7.81. The van der Waals surface area contributed by atoms with Crippen molar-refractivity contribution in [1.29, 1.82) is 0 Å². The molecule has 0 fully saturated rings. The van der Waals surface area contributed by atoms with Gasteiger partial charge in [-0.2, -0.15) is 0 Å². The summed E-state index contributed by atoms with van der Waals surface area (Å²) in [6.45, 7) is 12.6. The lowest BCUT2D eigenvalue weighted by atomic mass is 10.2. The van der Waals surface area contributed by atoms with Gasteiger partial charge in [0.05, 0.1) is 24.4 Å². The van der Waals surface area contributed by atoms with E-state index in [0.29, 0.717) is 19.3 Å². The fourth-order valence-electron chi connectivity index (χ4n) is 1.19. The lowest BCUT2D eigenvalue weighted by molar-refractivity contribution is -0.0479. The second kappa shape index (κ2) is 8.86. The van der Waals surface area contributed by atoms with Crippen molar-refractivity contribution < 1.29 is 14.6 Å². The van der Waals surface area contributed by atoms with E-state index in [4.69, 9.17) is 9.47 Å². The highest BCUT2D eigenvalue weighted by atomic mass is 16.5. The zero-order valence-corrected chi connectivity index (χ0v) is 12.0. The quantitative estimate of drug-likeness (QED) is 0.607. The van der Waals surface area contributed by atoms with Gasteiger partial charge in [0.25, 0.3) is 0 Å². The van der Waals surface area contributed by atoms with Crippen LogP contribution in [0.2, 0.25) is 0 Å². The molecule has 2 N–H and O–H groups in total. The molecule has 1 unspecified atom stereocenters. The van der Waals surface area contributed by atoms with Gasteiger partial charge in [-0.3, -0.25) is 0 Å². The van der Waals surface area contributed by atoms with E-state index in [2.05, 4.69) is 5.32 Å². The summed E-state index contributed by atoms with van der Waals surface area (Å²) in [5.74, 6) is 0. The number of rotatable bonds is 9. The molecule has 0 aromatic carbocycles. The Kier molecular flexibility index (Phi) is 8.78. The molecule has 0 saturated heterocycles. The minimum Gasteiger partial charge on any atom is -0.389 e. The first-order valence-corrected chi connectivity index (χ1v) is 6.45. The molecule has 0 heterocycles. The SMILES string of the molecule is CC(C)OCCCNCC(O)COC(C)(C)C. The molecular weight excluding hydrogens is 218 g/mol. The Morgan fingerprint density at radius 3 is 2.41 bits per heavy atom. The van der Waals surface area contributed by atoms with Gasteiger partial charge in [-0.1, -0.05) is 0 Å². The summed E-state index contributed by atoms with van der Waals surface area (Å²) in [6, 6.07) is 0. The van der Waals surface area contributed by atoms with E-state index in [0.717, 1.165) is 19.6 Å². The smallest absolute Gasteiger partial charge is 0.0897 e. The van der Waals surface area contributed by atoms with Crippen LogP contribution in [0.5, 0.6) is 0 Å². The van der Waals surface area contributed by atoms with Gasteiger partial charge in [0, 0.05) is 13.2 Å². The highest BCUT2D eigenvalue weighted by Gasteiger charge is 2.13. The van der Waals surface area contributed by atoms with E-state index >= 15 is 0 Å². The maximum absolute atomic E-state index is 9.64. The Labute approximate surface area is 106 Å². The summed E-state index contributed by atoms with van der Waals surface area (Å²) in [4.78, 5) is 0. The Hall–Kier alpha value is -0.160. The number of hydrogen-bond donors (Lipinski definition) is 2. The van der Waals surface area contributed by atoms with Crippen molar-refractivity contribution in [2.45, 2.75) is 58.8 Å². The van der Waals surface area contributed by atoms with Crippen molar-refractivity contribution in [3.05, 3.63) is 0 Å². The van der Waals surface area contributed by atoms with Crippen LogP contribution >= 0.6 is 0 Å². The highest BCUT2D eigenvalue weighted by molar-refractivity contribution is 4.64. The van der Waals surface area contributed by atoms with Crippen LogP contribution in [-0.4, -0.2) is 49.2 Å². The maximum atomic E-state index is 9.64. The first kappa shape index (κ1) is 16.8. The standard InChI is InChI=1S/C13H29NO3/c1-11(2)16-8-6-7-14-9-12(15)10-17-13(3,4)5/h11-12,14-15H,6-10H2,1-5H3. The third kappa shape index (κ3) is 13.8. The van der Waals surface area contributed by atoms with Crippen LogP contribution in [0.3, 0.4) is 0 Å². The molecule has 0 aromatic heterocycles. The first-order valence-electron chi connectivity index (χ1n) is 6.45. The molecule has 4 heteroatoms. The fourth-order valence-corrected chi connectivity index (χ4v) is 1.19. The molecule has 0 aromatic rings. The molecule has 104 valence electrons. The summed E-state index contributed by atoms with van der Waals surface area (Å²) < 4.78 is 10.9. The van der Waals surface area contributed by atoms with Gasteiger partial charge >= 0.3 is 0 Å². The van der Waals surface area contributed by atoms with Gasteiger partial charge in [-0.25, -0.2) is 0 Å². The number of aliphatic hydroxyl groups is 1. The zero-order valence-electron chi connectivity index (χ0n) is 12.0. The Bertz CT molecular complexity index is 178. The second-order valence-corrected chi connectivity index (χ2v) is 5.55. The largest absolute Gasteiger partial charge is 0.389 e. The number of ether oxygens (including phenoxy) is 2. The molecule has 0 spiro atoms. The van der Waals surface area contributed by atoms with Gasteiger partial charge in [0.15, 0.2) is 0 Å². The van der Waals surface area contributed by atoms with E-state index < -0.39 is 6.10 Å². The predicted molar refractivity (Wildman–Crippen MR) is 70.3 cm³/mol. The maximum Gasteiger partial charge on any atom is 0.0897 e. The minimum absolute atomic E-state index is 0.188. The molecule has 0 radical (unpaired) electrons. The zero-order chi connectivity index (χ0) is 13.3. The van der Waals surface area contributed by atoms with E-state index in [1.165, 1.54) is 0 Å². The van der Waals surface area contributed by atoms with Crippen LogP contribution in [0.25, 0.3) is 0 Å². The molecule has 0 aliphatic carbocycles. The molecule has 17 heavy (non-hydrogen) atoms. The van der Waals surface area contributed by atoms with Gasteiger partial charge in [-0.15, -0.1) is 0 Å². The molecular formula is C13H29NO3. The lowest BCUT2D eigenvalue weighted by Gasteiger charge is -2.22. The monoisotopic (exact) mass is 247 g/mol. The van der Waals surface area contributed by atoms with Crippen LogP contribution < -0.4 is 5.32 Å². The van der Waals surface area contributed by atoms with Crippen molar-refractivity contribution in [1.82, 2.24) is 5.32 Å². The Morgan fingerprint density at radius 1 is 1.24 bits per heavy atom. The van der Waals surface area contributed by atoms with Gasteiger partial charge in [0.1, 0.15) is 0 Å². The van der Waals surface area contributed by atoms with Gasteiger partial charge < -0.3 is 19.9 Å². The van der Waals surface area contributed by atoms with E-state index in [1.807, 2.05) is 34.6 Å². The second-order valence-electron chi connectivity index (χ2n) is 5.55. The van der Waals surface area contributed by atoms with Gasteiger partial charge in [0.2, 0.25) is 0 Å². The predicted octanol–water partition coefficient (Wildman–Crippen LogP) is 1.57. The van der Waals surface area contributed by atoms with E-state index in [-0.39, 0.29) is 5.60 Å². The molecule has 0 aliphatic heterocycles. The van der Waals surface area contributed by atoms with Gasteiger partial charge in [-0.05, 0) is 47.6 Å². The van der Waals surface area contributed by atoms with Crippen molar-refractivity contribution in [2.24, 2.45) is 0 Å². The van der Waals surface area contributed by atoms with Crippen molar-refractivity contribution in [3.63, 3.8) is 0 Å². The topological polar surface area (TPSA) is 50.7 Å². The van der Waals surface area contributed by atoms with Crippen molar-refractivity contribution in [2.75, 3.05) is 26.3 Å². The summed E-state index contributed by atoms with van der Waals surface area (Å²) >= 11 is 0. The van der Waals surface area contributed by atoms with E-state index in [9.17, 15) is 5.11 Å². The van der Waals surface area contributed by atoms with Crippen LogP contribution in [-0.2, 0) is 9.47 Å². The molecule has 4 nitrogen and oxygen atoms in total. The normalized spacial score (nSPS) is 14.3. The molecule has 1 atom stereocenters. The Morgan fingerprint density at radius 2 is 1.88 bits per heavy atom. The third-order valence-electron chi connectivity index (χ3n) is 2.04.